The van der Waals surface area contributed by atoms with E-state index in [1.165, 1.54) is 6.20 Å². The molecule has 2 aliphatic rings. The zero-order valence-corrected chi connectivity index (χ0v) is 20.8. The molecule has 1 aliphatic carbocycles. The Labute approximate surface area is 217 Å². The summed E-state index contributed by atoms with van der Waals surface area (Å²) in [6.45, 7) is 1.47. The Morgan fingerprint density at radius 1 is 1.11 bits per heavy atom. The third kappa shape index (κ3) is 5.95. The minimum absolute atomic E-state index is 0.00673. The molecule has 2 fully saturated rings. The number of hydrogen-bond donors (Lipinski definition) is 2. The van der Waals surface area contributed by atoms with Gasteiger partial charge in [-0.25, -0.2) is 9.97 Å². The van der Waals surface area contributed by atoms with Crippen LogP contribution in [0.25, 0.3) is 11.3 Å². The molecule has 2 atom stereocenters. The van der Waals surface area contributed by atoms with Crippen molar-refractivity contribution < 1.29 is 22.7 Å². The summed E-state index contributed by atoms with van der Waals surface area (Å²) in [5.41, 5.74) is 1.47. The average molecular weight is 528 g/mol. The zero-order valence-electron chi connectivity index (χ0n) is 20.8. The Morgan fingerprint density at radius 2 is 1.92 bits per heavy atom. The molecule has 200 valence electrons. The molecule has 1 saturated carbocycles. The van der Waals surface area contributed by atoms with Crippen LogP contribution in [0, 0.1) is 11.3 Å². The monoisotopic (exact) mass is 527 g/mol. The second-order valence-electron chi connectivity index (χ2n) is 9.80. The predicted molar refractivity (Wildman–Crippen MR) is 135 cm³/mol. The van der Waals surface area contributed by atoms with Crippen LogP contribution in [-0.4, -0.2) is 52.3 Å². The largest absolute Gasteiger partial charge is 0.573 e. The summed E-state index contributed by atoms with van der Waals surface area (Å²) >= 11 is 0. The first-order valence-corrected chi connectivity index (χ1v) is 12.5. The number of hydrogen-bond acceptors (Lipinski definition) is 8. The summed E-state index contributed by atoms with van der Waals surface area (Å²) in [4.78, 5) is 32.2. The Morgan fingerprint density at radius 3 is 2.68 bits per heavy atom. The third-order valence-electron chi connectivity index (χ3n) is 7.19. The molecule has 1 spiro atoms. The van der Waals surface area contributed by atoms with E-state index in [2.05, 4.69) is 30.2 Å². The van der Waals surface area contributed by atoms with Crippen LogP contribution in [0.2, 0.25) is 0 Å². The molecule has 0 radical (unpaired) electrons. The number of alkyl halides is 3. The van der Waals surface area contributed by atoms with Gasteiger partial charge in [-0.1, -0.05) is 6.42 Å². The normalized spacial score (nSPS) is 21.4. The summed E-state index contributed by atoms with van der Waals surface area (Å²) in [7, 11) is 1.68. The van der Waals surface area contributed by atoms with E-state index in [9.17, 15) is 18.0 Å². The standard InChI is InChI=1S/C26H28F3N7O2/c1-30-23(37)18-3-2-7-25(15-18)8-12-36(16-25)24-33-20(17-4-9-31-10-5-17)14-22(35-24)34-21-13-19(6-11-32-21)38-26(27,28)29/h4-6,9-11,13-14,18H,2-3,7-8,12,15-16H2,1H3,(H,30,37)(H,32,33,34,35). The van der Waals surface area contributed by atoms with E-state index in [0.29, 0.717) is 17.5 Å². The number of aromatic nitrogens is 4. The van der Waals surface area contributed by atoms with E-state index in [-0.39, 0.29) is 28.8 Å². The smallest absolute Gasteiger partial charge is 0.406 e. The quantitative estimate of drug-likeness (QED) is 0.475. The van der Waals surface area contributed by atoms with Crippen molar-refractivity contribution in [3.05, 3.63) is 48.9 Å². The summed E-state index contributed by atoms with van der Waals surface area (Å²) in [6, 6.07) is 7.66. The SMILES string of the molecule is CNC(=O)C1CCCC2(CCN(c3nc(Nc4cc(OC(F)(F)F)ccn4)cc(-c4ccncc4)n3)C2)C1. The minimum Gasteiger partial charge on any atom is -0.406 e. The highest BCUT2D eigenvalue weighted by atomic mass is 19.4. The number of pyridine rings is 2. The van der Waals surface area contributed by atoms with Gasteiger partial charge in [0, 0.05) is 62.3 Å². The van der Waals surface area contributed by atoms with Gasteiger partial charge in [-0.3, -0.25) is 9.78 Å². The van der Waals surface area contributed by atoms with E-state index in [1.54, 1.807) is 25.5 Å². The fourth-order valence-corrected chi connectivity index (χ4v) is 5.47. The fourth-order valence-electron chi connectivity index (χ4n) is 5.47. The Bertz CT molecular complexity index is 1290. The number of anilines is 3. The molecule has 3 aromatic rings. The molecule has 2 unspecified atom stereocenters. The summed E-state index contributed by atoms with van der Waals surface area (Å²) < 4.78 is 42.1. The Balaban J connectivity index is 1.43. The van der Waals surface area contributed by atoms with Gasteiger partial charge in [-0.15, -0.1) is 13.2 Å². The lowest BCUT2D eigenvalue weighted by Gasteiger charge is -2.37. The first-order chi connectivity index (χ1) is 18.2. The highest BCUT2D eigenvalue weighted by Gasteiger charge is 2.44. The van der Waals surface area contributed by atoms with E-state index in [1.807, 2.05) is 12.1 Å². The maximum Gasteiger partial charge on any atom is 0.573 e. The van der Waals surface area contributed by atoms with Crippen molar-refractivity contribution in [2.75, 3.05) is 30.4 Å². The van der Waals surface area contributed by atoms with Crippen LogP contribution in [0.3, 0.4) is 0 Å². The van der Waals surface area contributed by atoms with Crippen LogP contribution in [0.1, 0.15) is 32.1 Å². The number of carbonyl (C=O) groups excluding carboxylic acids is 1. The highest BCUT2D eigenvalue weighted by molar-refractivity contribution is 5.78. The molecule has 1 amide bonds. The summed E-state index contributed by atoms with van der Waals surface area (Å²) in [6.07, 6.45) is 4.44. The molecule has 9 nitrogen and oxygen atoms in total. The molecule has 0 aromatic carbocycles. The molecule has 1 saturated heterocycles. The van der Waals surface area contributed by atoms with Crippen molar-refractivity contribution in [1.29, 1.82) is 0 Å². The van der Waals surface area contributed by atoms with E-state index in [4.69, 9.17) is 9.97 Å². The van der Waals surface area contributed by atoms with Gasteiger partial charge in [0.1, 0.15) is 17.4 Å². The molecule has 0 bridgehead atoms. The van der Waals surface area contributed by atoms with Gasteiger partial charge >= 0.3 is 6.36 Å². The first kappa shape index (κ1) is 25.7. The van der Waals surface area contributed by atoms with Gasteiger partial charge in [0.15, 0.2) is 0 Å². The van der Waals surface area contributed by atoms with Crippen LogP contribution in [0.4, 0.5) is 30.8 Å². The maximum absolute atomic E-state index is 12.7. The molecule has 4 heterocycles. The number of nitrogens with zero attached hydrogens (tertiary/aromatic N) is 5. The summed E-state index contributed by atoms with van der Waals surface area (Å²) in [5, 5.41) is 5.79. The van der Waals surface area contributed by atoms with E-state index >= 15 is 0 Å². The average Bonchev–Trinajstić information content (AvgIpc) is 3.30. The van der Waals surface area contributed by atoms with Crippen molar-refractivity contribution in [2.24, 2.45) is 11.3 Å². The van der Waals surface area contributed by atoms with Gasteiger partial charge in [0.2, 0.25) is 11.9 Å². The number of ether oxygens (including phenoxy) is 1. The van der Waals surface area contributed by atoms with Gasteiger partial charge in [0.05, 0.1) is 5.69 Å². The Kier molecular flexibility index (Phi) is 7.04. The number of halogens is 3. The minimum atomic E-state index is -4.81. The molecule has 2 N–H and O–H groups in total. The van der Waals surface area contributed by atoms with E-state index < -0.39 is 6.36 Å². The van der Waals surface area contributed by atoms with Crippen LogP contribution in [-0.2, 0) is 4.79 Å². The topological polar surface area (TPSA) is 105 Å². The summed E-state index contributed by atoms with van der Waals surface area (Å²) in [5.74, 6) is 0.745. The molecule has 3 aromatic heterocycles. The number of rotatable bonds is 6. The second-order valence-corrected chi connectivity index (χ2v) is 9.80. The number of nitrogens with one attached hydrogen (secondary N) is 2. The van der Waals surface area contributed by atoms with Crippen molar-refractivity contribution in [3.63, 3.8) is 0 Å². The van der Waals surface area contributed by atoms with Gasteiger partial charge in [-0.05, 0) is 49.3 Å². The van der Waals surface area contributed by atoms with Crippen molar-refractivity contribution in [3.8, 4) is 17.0 Å². The van der Waals surface area contributed by atoms with Gasteiger partial charge < -0.3 is 20.3 Å². The number of amides is 1. The lowest BCUT2D eigenvalue weighted by molar-refractivity contribution is -0.274. The van der Waals surface area contributed by atoms with Crippen molar-refractivity contribution in [1.82, 2.24) is 25.3 Å². The van der Waals surface area contributed by atoms with Crippen molar-refractivity contribution >= 4 is 23.5 Å². The van der Waals surface area contributed by atoms with Crippen LogP contribution in [0.5, 0.6) is 5.75 Å². The molecule has 1 aliphatic heterocycles. The molecular formula is C26H28F3N7O2. The lowest BCUT2D eigenvalue weighted by Crippen LogP contribution is -2.38. The predicted octanol–water partition coefficient (Wildman–Crippen LogP) is 4.71. The number of carbonyl (C=O) groups is 1. The van der Waals surface area contributed by atoms with E-state index in [0.717, 1.165) is 62.9 Å². The molecular weight excluding hydrogens is 499 g/mol. The molecule has 38 heavy (non-hydrogen) atoms. The Hall–Kier alpha value is -3.96. The fraction of sp³-hybridized carbons (Fsp3) is 0.423. The zero-order chi connectivity index (χ0) is 26.8. The van der Waals surface area contributed by atoms with Crippen LogP contribution in [0.15, 0.2) is 48.9 Å². The van der Waals surface area contributed by atoms with Crippen LogP contribution >= 0.6 is 0 Å². The van der Waals surface area contributed by atoms with Crippen molar-refractivity contribution in [2.45, 2.75) is 38.5 Å². The molecule has 12 heteroatoms. The van der Waals surface area contributed by atoms with Crippen LogP contribution < -0.4 is 20.3 Å². The molecule has 5 rings (SSSR count). The first-order valence-electron chi connectivity index (χ1n) is 12.5. The second kappa shape index (κ2) is 10.4. The highest BCUT2D eigenvalue weighted by Crippen LogP contribution is 2.47. The maximum atomic E-state index is 12.7. The van der Waals surface area contributed by atoms with Gasteiger partial charge in [-0.2, -0.15) is 4.98 Å². The van der Waals surface area contributed by atoms with Gasteiger partial charge in [0.25, 0.3) is 0 Å². The lowest BCUT2D eigenvalue weighted by atomic mass is 9.69. The third-order valence-corrected chi connectivity index (χ3v) is 7.19.